The van der Waals surface area contributed by atoms with Gasteiger partial charge in [-0.25, -0.2) is 12.7 Å². The molecule has 0 unspecified atom stereocenters. The van der Waals surface area contributed by atoms with Gasteiger partial charge in [-0.05, 0) is 18.1 Å². The van der Waals surface area contributed by atoms with E-state index in [2.05, 4.69) is 0 Å². The predicted octanol–water partition coefficient (Wildman–Crippen LogP) is 0.927. The Morgan fingerprint density at radius 3 is 2.31 bits per heavy atom. The SMILES string of the molecule is CCS(=O)(=O)N(C)Cc1ccccc1CN. The second kappa shape index (κ2) is 5.43. The van der Waals surface area contributed by atoms with Crippen LogP contribution >= 0.6 is 0 Å². The summed E-state index contributed by atoms with van der Waals surface area (Å²) in [5, 5.41) is 0. The quantitative estimate of drug-likeness (QED) is 0.835. The van der Waals surface area contributed by atoms with Gasteiger partial charge in [0.1, 0.15) is 0 Å². The normalized spacial score (nSPS) is 12.0. The lowest BCUT2D eigenvalue weighted by molar-refractivity contribution is 0.466. The predicted molar refractivity (Wildman–Crippen MR) is 65.3 cm³/mol. The first kappa shape index (κ1) is 13.2. The van der Waals surface area contributed by atoms with Crippen LogP contribution in [0.25, 0.3) is 0 Å². The molecule has 0 spiro atoms. The fraction of sp³-hybridized carbons (Fsp3) is 0.455. The van der Waals surface area contributed by atoms with Crippen molar-refractivity contribution in [2.24, 2.45) is 5.73 Å². The Labute approximate surface area is 97.1 Å². The minimum absolute atomic E-state index is 0.119. The van der Waals surface area contributed by atoms with Crippen molar-refractivity contribution in [3.8, 4) is 0 Å². The van der Waals surface area contributed by atoms with Gasteiger partial charge in [0, 0.05) is 20.1 Å². The van der Waals surface area contributed by atoms with Crippen LogP contribution in [0.3, 0.4) is 0 Å². The summed E-state index contributed by atoms with van der Waals surface area (Å²) in [6.45, 7) is 2.44. The van der Waals surface area contributed by atoms with Crippen molar-refractivity contribution in [2.75, 3.05) is 12.8 Å². The fourth-order valence-corrected chi connectivity index (χ4v) is 2.25. The first-order valence-corrected chi connectivity index (χ1v) is 6.83. The highest BCUT2D eigenvalue weighted by Crippen LogP contribution is 2.12. The second-order valence-corrected chi connectivity index (χ2v) is 5.99. The summed E-state index contributed by atoms with van der Waals surface area (Å²) in [7, 11) is -1.54. The molecule has 4 nitrogen and oxygen atoms in total. The van der Waals surface area contributed by atoms with Gasteiger partial charge in [-0.1, -0.05) is 24.3 Å². The van der Waals surface area contributed by atoms with Crippen LogP contribution in [0.2, 0.25) is 0 Å². The van der Waals surface area contributed by atoms with Gasteiger partial charge in [-0.3, -0.25) is 0 Å². The molecule has 0 saturated heterocycles. The molecule has 16 heavy (non-hydrogen) atoms. The number of hydrogen-bond acceptors (Lipinski definition) is 3. The summed E-state index contributed by atoms with van der Waals surface area (Å²) < 4.78 is 24.6. The van der Waals surface area contributed by atoms with Crippen LogP contribution in [0.5, 0.6) is 0 Å². The molecule has 1 rings (SSSR count). The molecule has 90 valence electrons. The minimum Gasteiger partial charge on any atom is -0.326 e. The molecule has 1 aromatic rings. The summed E-state index contributed by atoms with van der Waals surface area (Å²) in [4.78, 5) is 0. The largest absolute Gasteiger partial charge is 0.326 e. The van der Waals surface area contributed by atoms with Crippen molar-refractivity contribution >= 4 is 10.0 Å². The topological polar surface area (TPSA) is 63.4 Å². The zero-order valence-corrected chi connectivity index (χ0v) is 10.5. The maximum Gasteiger partial charge on any atom is 0.213 e. The molecule has 5 heteroatoms. The maximum atomic E-state index is 11.6. The summed E-state index contributed by atoms with van der Waals surface area (Å²) in [6, 6.07) is 7.62. The Kier molecular flexibility index (Phi) is 4.46. The zero-order chi connectivity index (χ0) is 12.2. The smallest absolute Gasteiger partial charge is 0.213 e. The first-order valence-electron chi connectivity index (χ1n) is 5.22. The van der Waals surface area contributed by atoms with Crippen molar-refractivity contribution in [3.63, 3.8) is 0 Å². The van der Waals surface area contributed by atoms with Crippen LogP contribution < -0.4 is 5.73 Å². The van der Waals surface area contributed by atoms with Gasteiger partial charge in [0.25, 0.3) is 0 Å². The van der Waals surface area contributed by atoms with Crippen LogP contribution in [-0.4, -0.2) is 25.5 Å². The molecule has 2 N–H and O–H groups in total. The van der Waals surface area contributed by atoms with Crippen molar-refractivity contribution in [2.45, 2.75) is 20.0 Å². The Morgan fingerprint density at radius 1 is 1.25 bits per heavy atom. The van der Waals surface area contributed by atoms with Gasteiger partial charge in [0.2, 0.25) is 10.0 Å². The zero-order valence-electron chi connectivity index (χ0n) is 9.68. The van der Waals surface area contributed by atoms with E-state index >= 15 is 0 Å². The molecule has 0 aromatic heterocycles. The third kappa shape index (κ3) is 3.04. The Balaban J connectivity index is 2.89. The molecule has 0 radical (unpaired) electrons. The van der Waals surface area contributed by atoms with Crippen molar-refractivity contribution < 1.29 is 8.42 Å². The van der Waals surface area contributed by atoms with Crippen LogP contribution in [0, 0.1) is 0 Å². The first-order chi connectivity index (χ1) is 7.51. The van der Waals surface area contributed by atoms with E-state index in [1.165, 1.54) is 4.31 Å². The number of benzene rings is 1. The minimum atomic E-state index is -3.13. The monoisotopic (exact) mass is 242 g/mol. The summed E-state index contributed by atoms with van der Waals surface area (Å²) in [5.41, 5.74) is 7.55. The van der Waals surface area contributed by atoms with Crippen LogP contribution in [-0.2, 0) is 23.1 Å². The summed E-state index contributed by atoms with van der Waals surface area (Å²) in [6.07, 6.45) is 0. The molecule has 0 bridgehead atoms. The van der Waals surface area contributed by atoms with Gasteiger partial charge >= 0.3 is 0 Å². The lowest BCUT2D eigenvalue weighted by Gasteiger charge is -2.17. The van der Waals surface area contributed by atoms with E-state index in [4.69, 9.17) is 5.73 Å². The van der Waals surface area contributed by atoms with E-state index in [0.717, 1.165) is 11.1 Å². The number of sulfonamides is 1. The molecular weight excluding hydrogens is 224 g/mol. The van der Waals surface area contributed by atoms with Crippen molar-refractivity contribution in [3.05, 3.63) is 35.4 Å². The average molecular weight is 242 g/mol. The molecule has 0 atom stereocenters. The highest BCUT2D eigenvalue weighted by molar-refractivity contribution is 7.89. The van der Waals surface area contributed by atoms with Gasteiger partial charge in [-0.15, -0.1) is 0 Å². The van der Waals surface area contributed by atoms with Crippen LogP contribution in [0.15, 0.2) is 24.3 Å². The highest BCUT2D eigenvalue weighted by Gasteiger charge is 2.16. The van der Waals surface area contributed by atoms with E-state index in [0.29, 0.717) is 13.1 Å². The molecule has 0 amide bonds. The third-order valence-electron chi connectivity index (χ3n) is 2.57. The Morgan fingerprint density at radius 2 is 1.81 bits per heavy atom. The summed E-state index contributed by atoms with van der Waals surface area (Å²) in [5.74, 6) is 0.119. The van der Waals surface area contributed by atoms with Crippen LogP contribution in [0.1, 0.15) is 18.1 Å². The summed E-state index contributed by atoms with van der Waals surface area (Å²) >= 11 is 0. The number of rotatable bonds is 5. The molecular formula is C11H18N2O2S. The van der Waals surface area contributed by atoms with Gasteiger partial charge < -0.3 is 5.73 Å². The number of nitrogens with zero attached hydrogens (tertiary/aromatic N) is 1. The standard InChI is InChI=1S/C11H18N2O2S/c1-3-16(14,15)13(2)9-11-7-5-4-6-10(11)8-12/h4-7H,3,8-9,12H2,1-2H3. The lowest BCUT2D eigenvalue weighted by atomic mass is 10.1. The Hall–Kier alpha value is -0.910. The molecule has 0 aliphatic rings. The lowest BCUT2D eigenvalue weighted by Crippen LogP contribution is -2.28. The number of nitrogens with two attached hydrogens (primary N) is 1. The number of hydrogen-bond donors (Lipinski definition) is 1. The third-order valence-corrected chi connectivity index (χ3v) is 4.38. The average Bonchev–Trinajstić information content (AvgIpc) is 2.29. The van der Waals surface area contributed by atoms with Gasteiger partial charge in [0.05, 0.1) is 5.75 Å². The van der Waals surface area contributed by atoms with E-state index in [-0.39, 0.29) is 5.75 Å². The van der Waals surface area contributed by atoms with Crippen LogP contribution in [0.4, 0.5) is 0 Å². The van der Waals surface area contributed by atoms with E-state index in [1.54, 1.807) is 14.0 Å². The Bertz CT molecular complexity index is 443. The highest BCUT2D eigenvalue weighted by atomic mass is 32.2. The maximum absolute atomic E-state index is 11.6. The van der Waals surface area contributed by atoms with E-state index in [1.807, 2.05) is 24.3 Å². The van der Waals surface area contributed by atoms with Crippen molar-refractivity contribution in [1.82, 2.24) is 4.31 Å². The molecule has 0 aliphatic heterocycles. The molecule has 0 fully saturated rings. The fourth-order valence-electron chi connectivity index (χ4n) is 1.47. The second-order valence-electron chi connectivity index (χ2n) is 3.63. The van der Waals surface area contributed by atoms with Crippen molar-refractivity contribution in [1.29, 1.82) is 0 Å². The molecule has 0 saturated carbocycles. The van der Waals surface area contributed by atoms with E-state index in [9.17, 15) is 8.42 Å². The van der Waals surface area contributed by atoms with Gasteiger partial charge in [0.15, 0.2) is 0 Å². The van der Waals surface area contributed by atoms with E-state index < -0.39 is 10.0 Å². The van der Waals surface area contributed by atoms with Gasteiger partial charge in [-0.2, -0.15) is 0 Å². The molecule has 1 aromatic carbocycles. The molecule has 0 heterocycles. The molecule has 0 aliphatic carbocycles.